The number of nitrogens with two attached hydrogens (primary N) is 1. The Bertz CT molecular complexity index is 771. The van der Waals surface area contributed by atoms with Crippen LogP contribution in [0.2, 0.25) is 0 Å². The zero-order valence-electron chi connectivity index (χ0n) is 14.4. The van der Waals surface area contributed by atoms with Crippen molar-refractivity contribution >= 4 is 40.1 Å². The molecule has 9 nitrogen and oxygen atoms in total. The average molecular weight is 384 g/mol. The molecule has 2 heterocycles. The number of carbonyl (C=O) groups is 2. The van der Waals surface area contributed by atoms with Crippen LogP contribution in [0.1, 0.15) is 47.9 Å². The number of aryl methyl sites for hydroxylation is 1. The molecule has 0 spiro atoms. The van der Waals surface area contributed by atoms with Crippen molar-refractivity contribution in [2.45, 2.75) is 38.8 Å². The molecule has 2 aromatic heterocycles. The second-order valence-corrected chi connectivity index (χ2v) is 7.30. The van der Waals surface area contributed by atoms with Crippen molar-refractivity contribution in [1.82, 2.24) is 19.9 Å². The number of anilines is 1. The van der Waals surface area contributed by atoms with E-state index in [0.717, 1.165) is 11.3 Å². The number of carbonyl (C=O) groups excluding carboxylic acids is 2. The molecule has 25 heavy (non-hydrogen) atoms. The van der Waals surface area contributed by atoms with Gasteiger partial charge in [-0.05, 0) is 13.8 Å². The number of nitrogen functional groups attached to an aromatic ring is 1. The molecular formula is C14H20N6O3S2. The molecule has 136 valence electrons. The van der Waals surface area contributed by atoms with Crippen LogP contribution < -0.4 is 11.2 Å². The van der Waals surface area contributed by atoms with Gasteiger partial charge in [0.05, 0.1) is 18.1 Å². The Morgan fingerprint density at radius 3 is 2.72 bits per heavy atom. The summed E-state index contributed by atoms with van der Waals surface area (Å²) in [4.78, 5) is 28.4. The van der Waals surface area contributed by atoms with Gasteiger partial charge in [-0.3, -0.25) is 4.79 Å². The first-order chi connectivity index (χ1) is 11.8. The minimum Gasteiger partial charge on any atom is -0.462 e. The number of thioether (sulfide) groups is 1. The Morgan fingerprint density at radius 2 is 2.12 bits per heavy atom. The molecule has 0 atom stereocenters. The van der Waals surface area contributed by atoms with E-state index in [-0.39, 0.29) is 24.2 Å². The van der Waals surface area contributed by atoms with Crippen LogP contribution in [-0.2, 0) is 9.53 Å². The molecule has 0 fully saturated rings. The molecule has 1 amide bonds. The standard InChI is InChI=1S/C14H20N6O3S2/c1-5-23-12(22)10-8(4)16-13(25-10)17-9(21)6-24-14-19-18-11(7(2)3)20(14)15/h7H,5-6,15H2,1-4H3,(H,16,17,21). The van der Waals surface area contributed by atoms with Gasteiger partial charge in [0.15, 0.2) is 11.0 Å². The van der Waals surface area contributed by atoms with Crippen molar-refractivity contribution in [3.8, 4) is 0 Å². The number of rotatable bonds is 7. The average Bonchev–Trinajstić information content (AvgIpc) is 3.08. The van der Waals surface area contributed by atoms with Gasteiger partial charge in [0.1, 0.15) is 4.88 Å². The number of amides is 1. The van der Waals surface area contributed by atoms with Gasteiger partial charge in [0.25, 0.3) is 0 Å². The van der Waals surface area contributed by atoms with E-state index in [1.165, 1.54) is 16.4 Å². The van der Waals surface area contributed by atoms with E-state index in [2.05, 4.69) is 20.5 Å². The number of hydrogen-bond acceptors (Lipinski definition) is 9. The quantitative estimate of drug-likeness (QED) is 0.420. The van der Waals surface area contributed by atoms with Gasteiger partial charge < -0.3 is 15.9 Å². The number of esters is 1. The topological polar surface area (TPSA) is 125 Å². The van der Waals surface area contributed by atoms with Gasteiger partial charge in [-0.1, -0.05) is 36.9 Å². The van der Waals surface area contributed by atoms with Gasteiger partial charge in [-0.25, -0.2) is 14.5 Å². The van der Waals surface area contributed by atoms with E-state index in [1.807, 2.05) is 13.8 Å². The summed E-state index contributed by atoms with van der Waals surface area (Å²) in [5, 5.41) is 11.4. The second-order valence-electron chi connectivity index (χ2n) is 5.36. The largest absolute Gasteiger partial charge is 0.462 e. The van der Waals surface area contributed by atoms with E-state index in [4.69, 9.17) is 10.6 Å². The summed E-state index contributed by atoms with van der Waals surface area (Å²) in [5.41, 5.74) is 0.523. The van der Waals surface area contributed by atoms with Crippen molar-refractivity contribution < 1.29 is 14.3 Å². The molecule has 0 saturated carbocycles. The van der Waals surface area contributed by atoms with Crippen molar-refractivity contribution in [3.05, 3.63) is 16.4 Å². The van der Waals surface area contributed by atoms with Gasteiger partial charge in [-0.2, -0.15) is 0 Å². The zero-order valence-corrected chi connectivity index (χ0v) is 16.0. The van der Waals surface area contributed by atoms with E-state index in [1.54, 1.807) is 13.8 Å². The first kappa shape index (κ1) is 19.2. The number of thiazole rings is 1. The molecule has 2 rings (SSSR count). The van der Waals surface area contributed by atoms with Crippen LogP contribution >= 0.6 is 23.1 Å². The predicted octanol–water partition coefficient (Wildman–Crippen LogP) is 1.79. The molecule has 0 aliphatic heterocycles. The molecule has 0 saturated heterocycles. The van der Waals surface area contributed by atoms with Crippen LogP contribution in [0.3, 0.4) is 0 Å². The van der Waals surface area contributed by atoms with Crippen molar-refractivity contribution in [2.75, 3.05) is 23.5 Å². The molecular weight excluding hydrogens is 364 g/mol. The lowest BCUT2D eigenvalue weighted by Crippen LogP contribution is -2.17. The summed E-state index contributed by atoms with van der Waals surface area (Å²) in [6.45, 7) is 7.63. The SMILES string of the molecule is CCOC(=O)c1sc(NC(=O)CSc2nnc(C(C)C)n2N)nc1C. The van der Waals surface area contributed by atoms with E-state index in [9.17, 15) is 9.59 Å². The normalized spacial score (nSPS) is 10.9. The third-order valence-electron chi connectivity index (χ3n) is 3.04. The Labute approximate surface area is 153 Å². The third kappa shape index (κ3) is 4.69. The van der Waals surface area contributed by atoms with Crippen LogP contribution in [0.15, 0.2) is 5.16 Å². The van der Waals surface area contributed by atoms with Crippen LogP contribution in [0, 0.1) is 6.92 Å². The summed E-state index contributed by atoms with van der Waals surface area (Å²) in [5.74, 6) is 6.08. The lowest BCUT2D eigenvalue weighted by molar-refractivity contribution is -0.113. The number of ether oxygens (including phenoxy) is 1. The van der Waals surface area contributed by atoms with Gasteiger partial charge in [0, 0.05) is 5.92 Å². The predicted molar refractivity (Wildman–Crippen MR) is 96.4 cm³/mol. The molecule has 0 radical (unpaired) electrons. The first-order valence-electron chi connectivity index (χ1n) is 7.61. The highest BCUT2D eigenvalue weighted by Gasteiger charge is 2.18. The van der Waals surface area contributed by atoms with Crippen LogP contribution in [0.5, 0.6) is 0 Å². The Morgan fingerprint density at radius 1 is 1.40 bits per heavy atom. The summed E-state index contributed by atoms with van der Waals surface area (Å²) < 4.78 is 6.33. The zero-order chi connectivity index (χ0) is 18.6. The molecule has 0 aliphatic rings. The molecule has 0 unspecified atom stereocenters. The molecule has 2 aromatic rings. The lowest BCUT2D eigenvalue weighted by atomic mass is 10.2. The monoisotopic (exact) mass is 384 g/mol. The van der Waals surface area contributed by atoms with Crippen LogP contribution in [0.4, 0.5) is 5.13 Å². The fourth-order valence-corrected chi connectivity index (χ4v) is 3.44. The fourth-order valence-electron chi connectivity index (χ4n) is 1.90. The Hall–Kier alpha value is -2.14. The van der Waals surface area contributed by atoms with Crippen molar-refractivity contribution in [1.29, 1.82) is 0 Å². The Kier molecular flexibility index (Phi) is 6.37. The maximum absolute atomic E-state index is 12.1. The minimum atomic E-state index is -0.440. The van der Waals surface area contributed by atoms with Gasteiger partial charge in [0.2, 0.25) is 11.1 Å². The number of hydrogen-bond donors (Lipinski definition) is 2. The lowest BCUT2D eigenvalue weighted by Gasteiger charge is -2.05. The van der Waals surface area contributed by atoms with Crippen LogP contribution in [-0.4, -0.2) is 44.1 Å². The summed E-state index contributed by atoms with van der Waals surface area (Å²) >= 11 is 2.26. The Balaban J connectivity index is 1.95. The first-order valence-corrected chi connectivity index (χ1v) is 9.41. The van der Waals surface area contributed by atoms with E-state index >= 15 is 0 Å². The van der Waals surface area contributed by atoms with Crippen LogP contribution in [0.25, 0.3) is 0 Å². The number of nitrogens with one attached hydrogen (secondary N) is 1. The smallest absolute Gasteiger partial charge is 0.350 e. The summed E-state index contributed by atoms with van der Waals surface area (Å²) in [7, 11) is 0. The fraction of sp³-hybridized carbons (Fsp3) is 0.500. The molecule has 0 bridgehead atoms. The number of aromatic nitrogens is 4. The van der Waals surface area contributed by atoms with Gasteiger partial charge in [-0.15, -0.1) is 10.2 Å². The molecule has 0 aromatic carbocycles. The maximum Gasteiger partial charge on any atom is 0.350 e. The highest BCUT2D eigenvalue weighted by Crippen LogP contribution is 2.24. The number of nitrogens with zero attached hydrogens (tertiary/aromatic N) is 4. The van der Waals surface area contributed by atoms with Gasteiger partial charge >= 0.3 is 5.97 Å². The minimum absolute atomic E-state index is 0.0980. The van der Waals surface area contributed by atoms with E-state index < -0.39 is 5.97 Å². The van der Waals surface area contributed by atoms with E-state index in [0.29, 0.717) is 26.7 Å². The molecule has 3 N–H and O–H groups in total. The highest BCUT2D eigenvalue weighted by atomic mass is 32.2. The molecule has 11 heteroatoms. The summed E-state index contributed by atoms with van der Waals surface area (Å²) in [6.07, 6.45) is 0. The molecule has 0 aliphatic carbocycles. The van der Waals surface area contributed by atoms with Crippen molar-refractivity contribution in [2.24, 2.45) is 0 Å². The second kappa shape index (κ2) is 8.30. The maximum atomic E-state index is 12.1. The van der Waals surface area contributed by atoms with Crippen molar-refractivity contribution in [3.63, 3.8) is 0 Å². The third-order valence-corrected chi connectivity index (χ3v) is 5.04. The highest BCUT2D eigenvalue weighted by molar-refractivity contribution is 7.99. The summed E-state index contributed by atoms with van der Waals surface area (Å²) in [6, 6.07) is 0.